The number of rotatable bonds is 4. The summed E-state index contributed by atoms with van der Waals surface area (Å²) in [5.74, 6) is -2.19. The summed E-state index contributed by atoms with van der Waals surface area (Å²) in [6, 6.07) is 9.81. The van der Waals surface area contributed by atoms with Crippen molar-refractivity contribution in [2.45, 2.75) is 12.7 Å². The second-order valence-corrected chi connectivity index (χ2v) is 6.68. The first-order chi connectivity index (χ1) is 14.6. The number of hydrogen-bond donors (Lipinski definition) is 2. The highest BCUT2D eigenvalue weighted by Crippen LogP contribution is 2.28. The average Bonchev–Trinajstić information content (AvgIpc) is 3.17. The first kappa shape index (κ1) is 21.9. The Balaban J connectivity index is 0.000000339. The minimum absolute atomic E-state index is 0.00258. The molecule has 10 heteroatoms. The van der Waals surface area contributed by atoms with Crippen molar-refractivity contribution >= 4 is 28.6 Å². The Morgan fingerprint density at radius 2 is 1.87 bits per heavy atom. The van der Waals surface area contributed by atoms with Gasteiger partial charge in [-0.2, -0.15) is 13.2 Å². The fraction of sp³-hybridized carbons (Fsp3) is 0.190. The molecule has 0 atom stereocenters. The molecule has 2 heterocycles. The minimum atomic E-state index is -5.19. The molecule has 1 aromatic carbocycles. The van der Waals surface area contributed by atoms with E-state index >= 15 is 0 Å². The van der Waals surface area contributed by atoms with Gasteiger partial charge in [0.05, 0.1) is 18.2 Å². The standard InChI is InChI=1S/C19H17N3O2.C2HF3O2/c1-22-8-7-13-11-21-18-17(13)16(22)9-15(19(18)23)20-10-12-3-5-14(24-2)6-4-12;3-2(4,5)1(6)7/h3-9,11H,10H2,1-2H3,(H,20,21,23);(H,6,7). The van der Waals surface area contributed by atoms with Gasteiger partial charge in [0.2, 0.25) is 11.5 Å². The highest BCUT2D eigenvalue weighted by atomic mass is 19.4. The fourth-order valence-electron chi connectivity index (χ4n) is 3.06. The molecule has 0 radical (unpaired) electrons. The number of ketones is 1. The number of allylic oxidation sites excluding steroid dienone is 1. The topological polar surface area (TPSA) is 98.1 Å². The predicted molar refractivity (Wildman–Crippen MR) is 103 cm³/mol. The van der Waals surface area contributed by atoms with Crippen LogP contribution in [0.25, 0.3) is 16.8 Å². The van der Waals surface area contributed by atoms with Crippen molar-refractivity contribution in [2.24, 2.45) is 7.05 Å². The smallest absolute Gasteiger partial charge is 0.430 e. The van der Waals surface area contributed by atoms with Crippen LogP contribution in [0.15, 0.2) is 48.4 Å². The van der Waals surface area contributed by atoms with Crippen LogP contribution in [0.3, 0.4) is 0 Å². The zero-order chi connectivity index (χ0) is 22.8. The Morgan fingerprint density at radius 3 is 2.45 bits per heavy atom. The number of pyridine rings is 1. The van der Waals surface area contributed by atoms with Gasteiger partial charge in [-0.3, -0.25) is 4.79 Å². The number of nitrogens with one attached hydrogen (secondary N) is 2. The van der Waals surface area contributed by atoms with E-state index in [0.717, 1.165) is 27.8 Å². The lowest BCUT2D eigenvalue weighted by atomic mass is 10.0. The molecule has 0 fully saturated rings. The van der Waals surface area contributed by atoms with Crippen molar-refractivity contribution in [1.29, 1.82) is 0 Å². The zero-order valence-electron chi connectivity index (χ0n) is 16.5. The Bertz CT molecular complexity index is 1170. The number of aromatic amines is 1. The maximum atomic E-state index is 12.7. The molecule has 1 aliphatic carbocycles. The summed E-state index contributed by atoms with van der Waals surface area (Å²) in [5.41, 5.74) is 3.37. The average molecular weight is 433 g/mol. The Kier molecular flexibility index (Phi) is 6.00. The second kappa shape index (κ2) is 8.50. The van der Waals surface area contributed by atoms with Gasteiger partial charge in [0.15, 0.2) is 6.20 Å². The molecule has 3 aromatic rings. The molecule has 2 N–H and O–H groups in total. The summed E-state index contributed by atoms with van der Waals surface area (Å²) < 4.78 is 38.7. The van der Waals surface area contributed by atoms with Gasteiger partial charge in [0.25, 0.3) is 0 Å². The van der Waals surface area contributed by atoms with E-state index in [0.29, 0.717) is 17.9 Å². The fourth-order valence-corrected chi connectivity index (χ4v) is 3.06. The normalized spacial score (nSPS) is 12.7. The summed E-state index contributed by atoms with van der Waals surface area (Å²) in [5, 5.41) is 14.1. The van der Waals surface area contributed by atoms with E-state index < -0.39 is 12.1 Å². The van der Waals surface area contributed by atoms with Gasteiger partial charge < -0.3 is 24.9 Å². The van der Waals surface area contributed by atoms with Crippen molar-refractivity contribution in [3.05, 3.63) is 65.4 Å². The number of carboxylic acid groups (broad SMARTS) is 1. The lowest BCUT2D eigenvalue weighted by molar-refractivity contribution is -0.671. The predicted octanol–water partition coefficient (Wildman–Crippen LogP) is 1.63. The third-order valence-electron chi connectivity index (χ3n) is 4.65. The van der Waals surface area contributed by atoms with E-state index in [1.54, 1.807) is 7.11 Å². The van der Waals surface area contributed by atoms with Crippen LogP contribution in [-0.4, -0.2) is 30.0 Å². The first-order valence-electron chi connectivity index (χ1n) is 9.03. The number of carboxylic acids is 1. The summed E-state index contributed by atoms with van der Waals surface area (Å²) in [6.07, 6.45) is 0.615. The molecular formula is C21H18F3N3O4. The highest BCUT2D eigenvalue weighted by Gasteiger charge is 2.29. The monoisotopic (exact) mass is 433 g/mol. The van der Waals surface area contributed by atoms with Gasteiger partial charge in [-0.25, -0.2) is 4.57 Å². The Labute approximate surface area is 174 Å². The number of H-pyrrole nitrogens is 1. The van der Waals surface area contributed by atoms with Crippen LogP contribution in [0.5, 0.6) is 5.75 Å². The van der Waals surface area contributed by atoms with Crippen LogP contribution in [0.2, 0.25) is 0 Å². The molecule has 0 saturated heterocycles. The van der Waals surface area contributed by atoms with Crippen LogP contribution in [0.1, 0.15) is 21.7 Å². The third-order valence-corrected chi connectivity index (χ3v) is 4.65. The first-order valence-corrected chi connectivity index (χ1v) is 9.03. The summed E-state index contributed by atoms with van der Waals surface area (Å²) in [6.45, 7) is 0.581. The number of aromatic nitrogens is 2. The van der Waals surface area contributed by atoms with Crippen LogP contribution in [-0.2, 0) is 18.4 Å². The number of aryl methyl sites for hydroxylation is 1. The largest absolute Gasteiger partial charge is 0.542 e. The van der Waals surface area contributed by atoms with E-state index in [1.165, 1.54) is 0 Å². The number of alkyl halides is 3. The van der Waals surface area contributed by atoms with Crippen molar-refractivity contribution in [3.63, 3.8) is 0 Å². The van der Waals surface area contributed by atoms with E-state index in [4.69, 9.17) is 14.6 Å². The zero-order valence-corrected chi connectivity index (χ0v) is 16.5. The Hall–Kier alpha value is -3.82. The molecule has 162 valence electrons. The van der Waals surface area contributed by atoms with Gasteiger partial charge in [-0.15, -0.1) is 0 Å². The molecule has 0 aliphatic heterocycles. The summed E-state index contributed by atoms with van der Waals surface area (Å²) in [7, 11) is 3.63. The number of Topliss-reactive ketones (excluding diaryl/α,β-unsaturated/α-hetero) is 1. The van der Waals surface area contributed by atoms with Crippen LogP contribution < -0.4 is 19.7 Å². The molecule has 0 spiro atoms. The number of methoxy groups -OCH3 is 1. The maximum absolute atomic E-state index is 12.7. The highest BCUT2D eigenvalue weighted by molar-refractivity contribution is 6.20. The molecule has 4 rings (SSSR count). The van der Waals surface area contributed by atoms with Crippen molar-refractivity contribution in [3.8, 4) is 5.75 Å². The van der Waals surface area contributed by atoms with E-state index in [2.05, 4.69) is 10.3 Å². The molecule has 0 bridgehead atoms. The second-order valence-electron chi connectivity index (χ2n) is 6.68. The lowest BCUT2D eigenvalue weighted by Gasteiger charge is -2.14. The van der Waals surface area contributed by atoms with Gasteiger partial charge in [-0.1, -0.05) is 12.1 Å². The molecule has 0 amide bonds. The number of nitrogens with zero attached hydrogens (tertiary/aromatic N) is 1. The number of ether oxygens (including phenoxy) is 1. The van der Waals surface area contributed by atoms with Crippen LogP contribution in [0, 0.1) is 0 Å². The van der Waals surface area contributed by atoms with Gasteiger partial charge in [0.1, 0.15) is 24.5 Å². The SMILES string of the molecule is COc1ccc(CNC2=Cc3c4c([nH]cc4cc[n+]3C)C2=O)cc1.O=C([O-])C(F)(F)F. The number of halogens is 3. The number of hydrogen-bond acceptors (Lipinski definition) is 5. The molecule has 0 saturated carbocycles. The number of benzene rings is 1. The van der Waals surface area contributed by atoms with Crippen molar-refractivity contribution in [2.75, 3.05) is 7.11 Å². The van der Waals surface area contributed by atoms with Crippen molar-refractivity contribution < 1.29 is 37.2 Å². The third kappa shape index (κ3) is 4.68. The lowest BCUT2D eigenvalue weighted by Crippen LogP contribution is -2.37. The maximum Gasteiger partial charge on any atom is 0.430 e. The van der Waals surface area contributed by atoms with Gasteiger partial charge in [0, 0.05) is 30.3 Å². The Morgan fingerprint density at radius 1 is 1.23 bits per heavy atom. The van der Waals surface area contributed by atoms with Crippen LogP contribution >= 0.6 is 0 Å². The molecule has 1 aliphatic rings. The number of carbonyl (C=O) groups excluding carboxylic acids is 2. The van der Waals surface area contributed by atoms with E-state index in [1.807, 2.05) is 60.4 Å². The minimum Gasteiger partial charge on any atom is -0.542 e. The molecule has 7 nitrogen and oxygen atoms in total. The number of aliphatic carboxylic acids is 1. The van der Waals surface area contributed by atoms with E-state index in [-0.39, 0.29) is 5.78 Å². The summed E-state index contributed by atoms with van der Waals surface area (Å²) in [4.78, 5) is 24.6. The van der Waals surface area contributed by atoms with Crippen LogP contribution in [0.4, 0.5) is 13.2 Å². The molecule has 31 heavy (non-hydrogen) atoms. The van der Waals surface area contributed by atoms with E-state index in [9.17, 15) is 18.0 Å². The van der Waals surface area contributed by atoms with Crippen molar-refractivity contribution in [1.82, 2.24) is 10.3 Å². The quantitative estimate of drug-likeness (QED) is 0.610. The molecule has 2 aromatic heterocycles. The summed E-state index contributed by atoms with van der Waals surface area (Å²) >= 11 is 0. The van der Waals surface area contributed by atoms with Gasteiger partial charge >= 0.3 is 6.18 Å². The number of carbonyl (C=O) groups is 2. The molecular weight excluding hydrogens is 415 g/mol. The molecule has 0 unspecified atom stereocenters. The van der Waals surface area contributed by atoms with Gasteiger partial charge in [-0.05, 0) is 17.7 Å².